The quantitative estimate of drug-likeness (QED) is 0.702. The maximum atomic E-state index is 4.22. The van der Waals surface area contributed by atoms with Crippen molar-refractivity contribution in [2.75, 3.05) is 0 Å². The Morgan fingerprint density at radius 3 is 2.83 bits per heavy atom. The number of hydrogen-bond acceptors (Lipinski definition) is 3. The van der Waals surface area contributed by atoms with Crippen molar-refractivity contribution in [3.8, 4) is 0 Å². The van der Waals surface area contributed by atoms with Crippen molar-refractivity contribution in [3.05, 3.63) is 41.9 Å². The highest BCUT2D eigenvalue weighted by Gasteiger charge is 2.08. The molecule has 2 aromatic heterocycles. The van der Waals surface area contributed by atoms with Gasteiger partial charge in [0, 0.05) is 6.20 Å². The van der Waals surface area contributed by atoms with Gasteiger partial charge in [0.05, 0.1) is 19.1 Å². The van der Waals surface area contributed by atoms with E-state index in [0.29, 0.717) is 6.54 Å². The van der Waals surface area contributed by atoms with Crippen LogP contribution < -0.4 is 0 Å². The third kappa shape index (κ3) is 1.77. The van der Waals surface area contributed by atoms with Gasteiger partial charge in [0.1, 0.15) is 0 Å². The monoisotopic (exact) mass is 241 g/mol. The fourth-order valence-electron chi connectivity index (χ4n) is 2.30. The molecule has 0 saturated heterocycles. The Balaban J connectivity index is 2.06. The van der Waals surface area contributed by atoms with Crippen molar-refractivity contribution in [2.45, 2.75) is 19.9 Å². The second kappa shape index (κ2) is 4.25. The third-order valence-corrected chi connectivity index (χ3v) is 3.11. The number of tetrazole rings is 1. The first-order chi connectivity index (χ1) is 8.78. The van der Waals surface area contributed by atoms with Gasteiger partial charge >= 0.3 is 0 Å². The minimum Gasteiger partial charge on any atom is -0.339 e. The average molecular weight is 241 g/mol. The van der Waals surface area contributed by atoms with E-state index >= 15 is 0 Å². The summed E-state index contributed by atoms with van der Waals surface area (Å²) in [5, 5.41) is 13.4. The molecule has 3 rings (SSSR count). The first-order valence-corrected chi connectivity index (χ1v) is 6.07. The number of aromatic nitrogens is 5. The number of rotatable bonds is 3. The number of aryl methyl sites for hydroxylation is 2. The van der Waals surface area contributed by atoms with E-state index in [0.717, 1.165) is 12.2 Å². The lowest BCUT2D eigenvalue weighted by Crippen LogP contribution is -2.02. The normalized spacial score (nSPS) is 11.2. The second-order valence-electron chi connectivity index (χ2n) is 4.35. The summed E-state index contributed by atoms with van der Waals surface area (Å²) in [4.78, 5) is 1.49. The van der Waals surface area contributed by atoms with Crippen molar-refractivity contribution in [3.63, 3.8) is 0 Å². The van der Waals surface area contributed by atoms with Crippen molar-refractivity contribution in [1.82, 2.24) is 24.8 Å². The summed E-state index contributed by atoms with van der Waals surface area (Å²) in [5.41, 5.74) is 2.62. The highest BCUT2D eigenvalue weighted by atomic mass is 15.6. The molecule has 0 aliphatic rings. The largest absolute Gasteiger partial charge is 0.339 e. The number of benzene rings is 1. The van der Waals surface area contributed by atoms with Gasteiger partial charge in [-0.05, 0) is 28.7 Å². The average Bonchev–Trinajstić information content (AvgIpc) is 2.97. The van der Waals surface area contributed by atoms with E-state index < -0.39 is 0 Å². The van der Waals surface area contributed by atoms with E-state index in [2.05, 4.69) is 57.4 Å². The first-order valence-electron chi connectivity index (χ1n) is 6.07. The molecule has 0 atom stereocenters. The van der Waals surface area contributed by atoms with Crippen molar-refractivity contribution in [2.24, 2.45) is 7.05 Å². The fourth-order valence-corrected chi connectivity index (χ4v) is 2.30. The minimum absolute atomic E-state index is 0.661. The Kier molecular flexibility index (Phi) is 2.59. The van der Waals surface area contributed by atoms with Crippen molar-refractivity contribution in [1.29, 1.82) is 0 Å². The van der Waals surface area contributed by atoms with Crippen LogP contribution >= 0.6 is 0 Å². The fraction of sp³-hybridized carbons (Fsp3) is 0.308. The summed E-state index contributed by atoms with van der Waals surface area (Å²) in [7, 11) is 1.78. The molecule has 0 bridgehead atoms. The number of nitrogens with zero attached hydrogens (tertiary/aromatic N) is 5. The summed E-state index contributed by atoms with van der Waals surface area (Å²) < 4.78 is 2.19. The number of hydrogen-bond donors (Lipinski definition) is 0. The van der Waals surface area contributed by atoms with E-state index in [1.54, 1.807) is 7.05 Å². The molecule has 2 heterocycles. The first kappa shape index (κ1) is 11.0. The molecule has 3 aromatic rings. The summed E-state index contributed by atoms with van der Waals surface area (Å²) >= 11 is 0. The molecule has 0 aliphatic heterocycles. The van der Waals surface area contributed by atoms with Gasteiger partial charge in [-0.1, -0.05) is 25.1 Å². The van der Waals surface area contributed by atoms with Crippen LogP contribution in [-0.2, 0) is 20.0 Å². The minimum atomic E-state index is 0.661. The second-order valence-corrected chi connectivity index (χ2v) is 4.35. The summed E-state index contributed by atoms with van der Waals surface area (Å²) in [6.07, 6.45) is 3.11. The lowest BCUT2D eigenvalue weighted by atomic mass is 10.1. The van der Waals surface area contributed by atoms with Crippen LogP contribution in [-0.4, -0.2) is 24.8 Å². The van der Waals surface area contributed by atoms with Crippen LogP contribution in [0.4, 0.5) is 0 Å². The van der Waals surface area contributed by atoms with E-state index in [1.165, 1.54) is 21.3 Å². The molecular weight excluding hydrogens is 226 g/mol. The maximum absolute atomic E-state index is 4.22. The molecule has 0 fully saturated rings. The number of para-hydroxylation sites is 1. The van der Waals surface area contributed by atoms with E-state index in [-0.39, 0.29) is 0 Å². The summed E-state index contributed by atoms with van der Waals surface area (Å²) in [5.74, 6) is 0.737. The van der Waals surface area contributed by atoms with Gasteiger partial charge in [-0.2, -0.15) is 4.80 Å². The highest BCUT2D eigenvalue weighted by molar-refractivity contribution is 5.83. The smallest absolute Gasteiger partial charge is 0.194 e. The molecule has 0 radical (unpaired) electrons. The van der Waals surface area contributed by atoms with E-state index in [9.17, 15) is 0 Å². The van der Waals surface area contributed by atoms with Gasteiger partial charge in [0.2, 0.25) is 0 Å². The Hall–Kier alpha value is -2.17. The van der Waals surface area contributed by atoms with Gasteiger partial charge < -0.3 is 4.57 Å². The number of fused-ring (bicyclic) bond motifs is 1. The van der Waals surface area contributed by atoms with Crippen LogP contribution in [0.1, 0.15) is 18.3 Å². The van der Waals surface area contributed by atoms with E-state index in [4.69, 9.17) is 0 Å². The van der Waals surface area contributed by atoms with Crippen LogP contribution in [0.3, 0.4) is 0 Å². The van der Waals surface area contributed by atoms with Gasteiger partial charge in [-0.25, -0.2) is 0 Å². The Bertz CT molecular complexity index is 680. The predicted molar refractivity (Wildman–Crippen MR) is 69.2 cm³/mol. The van der Waals surface area contributed by atoms with Gasteiger partial charge in [0.25, 0.3) is 0 Å². The molecular formula is C13H15N5. The molecule has 92 valence electrons. The SMILES string of the molecule is CCc1cccc2ccn(Cc3nnn(C)n3)c12. The Morgan fingerprint density at radius 1 is 1.22 bits per heavy atom. The Morgan fingerprint density at radius 2 is 2.11 bits per heavy atom. The maximum Gasteiger partial charge on any atom is 0.194 e. The molecule has 1 aromatic carbocycles. The highest BCUT2D eigenvalue weighted by Crippen LogP contribution is 2.21. The molecule has 0 amide bonds. The van der Waals surface area contributed by atoms with Crippen LogP contribution in [0.15, 0.2) is 30.5 Å². The zero-order valence-electron chi connectivity index (χ0n) is 10.5. The zero-order chi connectivity index (χ0) is 12.5. The molecule has 5 heteroatoms. The van der Waals surface area contributed by atoms with E-state index in [1.807, 2.05) is 0 Å². The van der Waals surface area contributed by atoms with Crippen LogP contribution in [0, 0.1) is 0 Å². The molecule has 5 nitrogen and oxygen atoms in total. The lowest BCUT2D eigenvalue weighted by Gasteiger charge is -2.06. The van der Waals surface area contributed by atoms with Crippen molar-refractivity contribution < 1.29 is 0 Å². The van der Waals surface area contributed by atoms with Crippen LogP contribution in [0.25, 0.3) is 10.9 Å². The molecule has 0 aliphatic carbocycles. The molecule has 18 heavy (non-hydrogen) atoms. The molecule has 0 saturated carbocycles. The molecule has 0 N–H and O–H groups in total. The van der Waals surface area contributed by atoms with Crippen LogP contribution in [0.2, 0.25) is 0 Å². The van der Waals surface area contributed by atoms with Gasteiger partial charge in [-0.15, -0.1) is 10.2 Å². The Labute approximate surface area is 105 Å². The third-order valence-electron chi connectivity index (χ3n) is 3.11. The van der Waals surface area contributed by atoms with Gasteiger partial charge in [-0.3, -0.25) is 0 Å². The summed E-state index contributed by atoms with van der Waals surface area (Å²) in [6.45, 7) is 2.83. The topological polar surface area (TPSA) is 48.5 Å². The van der Waals surface area contributed by atoms with Crippen molar-refractivity contribution >= 4 is 10.9 Å². The lowest BCUT2D eigenvalue weighted by molar-refractivity contribution is 0.625. The zero-order valence-corrected chi connectivity index (χ0v) is 10.5. The summed E-state index contributed by atoms with van der Waals surface area (Å²) in [6, 6.07) is 8.54. The standard InChI is InChI=1S/C13H15N5/c1-3-10-5-4-6-11-7-8-18(13(10)11)9-12-14-16-17(2)15-12/h4-8H,3,9H2,1-2H3. The molecule has 0 unspecified atom stereocenters. The van der Waals surface area contributed by atoms with Crippen LogP contribution in [0.5, 0.6) is 0 Å². The van der Waals surface area contributed by atoms with Gasteiger partial charge in [0.15, 0.2) is 5.82 Å². The predicted octanol–water partition coefficient (Wildman–Crippen LogP) is 1.78. The molecule has 0 spiro atoms.